The Morgan fingerprint density at radius 3 is 3.00 bits per heavy atom. The second kappa shape index (κ2) is 5.07. The number of aromatic nitrogens is 3. The second-order valence-electron chi connectivity index (χ2n) is 3.85. The average molecular weight is 219 g/mol. The van der Waals surface area contributed by atoms with Gasteiger partial charge in [-0.1, -0.05) is 30.7 Å². The van der Waals surface area contributed by atoms with E-state index in [1.807, 2.05) is 35.9 Å². The molecular weight excluding hydrogens is 202 g/mol. The highest BCUT2D eigenvalue weighted by Crippen LogP contribution is 2.16. The molecule has 0 bridgehead atoms. The van der Waals surface area contributed by atoms with E-state index in [0.29, 0.717) is 0 Å². The first-order valence-corrected chi connectivity index (χ1v) is 5.74. The molecule has 0 aliphatic heterocycles. The maximum Gasteiger partial charge on any atom is 0.149 e. The minimum absolute atomic E-state index is 0.0565. The number of rotatable bonds is 5. The molecule has 1 heterocycles. The van der Waals surface area contributed by atoms with Crippen molar-refractivity contribution in [3.05, 3.63) is 24.3 Å². The Morgan fingerprint density at radius 1 is 1.38 bits per heavy atom. The molecule has 1 atom stereocenters. The van der Waals surface area contributed by atoms with Crippen LogP contribution in [0, 0.1) is 0 Å². The molecule has 86 valence electrons. The van der Waals surface area contributed by atoms with E-state index in [4.69, 9.17) is 4.74 Å². The van der Waals surface area contributed by atoms with Gasteiger partial charge in [0.25, 0.3) is 0 Å². The number of hydrogen-bond donors (Lipinski definition) is 0. The van der Waals surface area contributed by atoms with Gasteiger partial charge in [-0.3, -0.25) is 0 Å². The highest BCUT2D eigenvalue weighted by atomic mass is 16.5. The van der Waals surface area contributed by atoms with Crippen LogP contribution in [0.25, 0.3) is 11.0 Å². The molecule has 2 aromatic rings. The van der Waals surface area contributed by atoms with E-state index in [9.17, 15) is 0 Å². The van der Waals surface area contributed by atoms with Gasteiger partial charge in [-0.2, -0.15) is 0 Å². The van der Waals surface area contributed by atoms with Gasteiger partial charge in [0.05, 0.1) is 5.52 Å². The van der Waals surface area contributed by atoms with E-state index >= 15 is 0 Å². The molecule has 0 aliphatic carbocycles. The van der Waals surface area contributed by atoms with Crippen LogP contribution in [0.2, 0.25) is 0 Å². The lowest BCUT2D eigenvalue weighted by Crippen LogP contribution is -2.11. The van der Waals surface area contributed by atoms with Gasteiger partial charge in [-0.15, -0.1) is 5.10 Å². The summed E-state index contributed by atoms with van der Waals surface area (Å²) in [5, 5.41) is 8.22. The number of benzene rings is 1. The summed E-state index contributed by atoms with van der Waals surface area (Å²) in [5.74, 6) is 0. The minimum atomic E-state index is -0.0565. The maximum absolute atomic E-state index is 5.70. The molecule has 0 radical (unpaired) electrons. The molecule has 2 rings (SSSR count). The number of fused-ring (bicyclic) bond motifs is 1. The fraction of sp³-hybridized carbons (Fsp3) is 0.500. The molecule has 0 aliphatic rings. The van der Waals surface area contributed by atoms with Crippen molar-refractivity contribution < 1.29 is 4.74 Å². The van der Waals surface area contributed by atoms with Crippen LogP contribution in [0.4, 0.5) is 0 Å². The van der Waals surface area contributed by atoms with Crippen molar-refractivity contribution in [3.63, 3.8) is 0 Å². The van der Waals surface area contributed by atoms with Gasteiger partial charge < -0.3 is 4.74 Å². The van der Waals surface area contributed by atoms with Crippen LogP contribution in [-0.2, 0) is 4.74 Å². The molecule has 0 amide bonds. The van der Waals surface area contributed by atoms with E-state index in [0.717, 1.165) is 30.5 Å². The summed E-state index contributed by atoms with van der Waals surface area (Å²) >= 11 is 0. The van der Waals surface area contributed by atoms with Crippen molar-refractivity contribution in [3.8, 4) is 0 Å². The van der Waals surface area contributed by atoms with E-state index in [2.05, 4.69) is 17.2 Å². The minimum Gasteiger partial charge on any atom is -0.357 e. The summed E-state index contributed by atoms with van der Waals surface area (Å²) < 4.78 is 7.52. The van der Waals surface area contributed by atoms with Crippen molar-refractivity contribution in [1.29, 1.82) is 0 Å². The molecule has 4 nitrogen and oxygen atoms in total. The largest absolute Gasteiger partial charge is 0.357 e. The quantitative estimate of drug-likeness (QED) is 0.726. The zero-order valence-electron chi connectivity index (χ0n) is 9.76. The van der Waals surface area contributed by atoms with Gasteiger partial charge in [-0.25, -0.2) is 4.68 Å². The first-order valence-electron chi connectivity index (χ1n) is 5.74. The van der Waals surface area contributed by atoms with Gasteiger partial charge in [0.15, 0.2) is 0 Å². The zero-order chi connectivity index (χ0) is 11.4. The van der Waals surface area contributed by atoms with Crippen molar-refractivity contribution in [2.45, 2.75) is 32.9 Å². The van der Waals surface area contributed by atoms with Crippen LogP contribution < -0.4 is 0 Å². The van der Waals surface area contributed by atoms with Gasteiger partial charge in [0.1, 0.15) is 11.7 Å². The lowest BCUT2D eigenvalue weighted by molar-refractivity contribution is 0.00822. The van der Waals surface area contributed by atoms with Crippen LogP contribution in [0.15, 0.2) is 24.3 Å². The van der Waals surface area contributed by atoms with Crippen LogP contribution in [0.1, 0.15) is 32.9 Å². The number of unbranched alkanes of at least 4 members (excludes halogenated alkanes) is 1. The zero-order valence-corrected chi connectivity index (χ0v) is 9.76. The Balaban J connectivity index is 2.13. The summed E-state index contributed by atoms with van der Waals surface area (Å²) in [6.45, 7) is 4.92. The molecule has 1 aromatic heterocycles. The Bertz CT molecular complexity index is 452. The van der Waals surface area contributed by atoms with E-state index in [-0.39, 0.29) is 6.23 Å². The lowest BCUT2D eigenvalue weighted by Gasteiger charge is -2.13. The summed E-state index contributed by atoms with van der Waals surface area (Å²) in [7, 11) is 0. The van der Waals surface area contributed by atoms with Crippen molar-refractivity contribution in [2.24, 2.45) is 0 Å². The number of nitrogens with zero attached hydrogens (tertiary/aromatic N) is 3. The average Bonchev–Trinajstić information content (AvgIpc) is 2.73. The topological polar surface area (TPSA) is 39.9 Å². The smallest absolute Gasteiger partial charge is 0.149 e. The van der Waals surface area contributed by atoms with Crippen molar-refractivity contribution in [1.82, 2.24) is 15.0 Å². The van der Waals surface area contributed by atoms with Gasteiger partial charge in [-0.05, 0) is 25.5 Å². The monoisotopic (exact) mass is 219 g/mol. The normalized spacial score (nSPS) is 13.1. The molecule has 0 N–H and O–H groups in total. The first-order chi connectivity index (χ1) is 7.83. The fourth-order valence-electron chi connectivity index (χ4n) is 1.62. The van der Waals surface area contributed by atoms with E-state index < -0.39 is 0 Å². The molecule has 1 aromatic carbocycles. The van der Waals surface area contributed by atoms with Crippen molar-refractivity contribution in [2.75, 3.05) is 6.61 Å². The molecule has 0 saturated heterocycles. The Hall–Kier alpha value is -1.42. The number of para-hydroxylation sites is 1. The first kappa shape index (κ1) is 11.1. The Labute approximate surface area is 95.2 Å². The summed E-state index contributed by atoms with van der Waals surface area (Å²) in [4.78, 5) is 0. The standard InChI is InChI=1S/C12H17N3O/c1-3-4-9-16-10(2)15-12-8-6-5-7-11(12)13-14-15/h5-8,10H,3-4,9H2,1-2H3. The van der Waals surface area contributed by atoms with E-state index in [1.54, 1.807) is 0 Å². The molecule has 16 heavy (non-hydrogen) atoms. The Morgan fingerprint density at radius 2 is 2.19 bits per heavy atom. The highest BCUT2D eigenvalue weighted by Gasteiger charge is 2.10. The van der Waals surface area contributed by atoms with Crippen molar-refractivity contribution >= 4 is 11.0 Å². The number of ether oxygens (including phenoxy) is 1. The van der Waals surface area contributed by atoms with Crippen LogP contribution in [0.3, 0.4) is 0 Å². The summed E-state index contributed by atoms with van der Waals surface area (Å²) in [5.41, 5.74) is 1.93. The van der Waals surface area contributed by atoms with Gasteiger partial charge in [0.2, 0.25) is 0 Å². The maximum atomic E-state index is 5.70. The molecule has 0 fully saturated rings. The summed E-state index contributed by atoms with van der Waals surface area (Å²) in [6.07, 6.45) is 2.17. The number of hydrogen-bond acceptors (Lipinski definition) is 3. The predicted octanol–water partition coefficient (Wildman–Crippen LogP) is 2.77. The van der Waals surface area contributed by atoms with Crippen LogP contribution in [-0.4, -0.2) is 21.6 Å². The lowest BCUT2D eigenvalue weighted by atomic mass is 10.3. The predicted molar refractivity (Wildman–Crippen MR) is 63.1 cm³/mol. The third-order valence-electron chi connectivity index (χ3n) is 2.58. The fourth-order valence-corrected chi connectivity index (χ4v) is 1.62. The molecule has 0 spiro atoms. The third kappa shape index (κ3) is 2.22. The molecule has 1 unspecified atom stereocenters. The van der Waals surface area contributed by atoms with E-state index in [1.165, 1.54) is 0 Å². The van der Waals surface area contributed by atoms with Crippen LogP contribution in [0.5, 0.6) is 0 Å². The second-order valence-corrected chi connectivity index (χ2v) is 3.85. The molecular formula is C12H17N3O. The molecule has 0 saturated carbocycles. The summed E-state index contributed by atoms with van der Waals surface area (Å²) in [6, 6.07) is 7.91. The molecule has 4 heteroatoms. The van der Waals surface area contributed by atoms with Crippen LogP contribution >= 0.6 is 0 Å². The van der Waals surface area contributed by atoms with Gasteiger partial charge in [0, 0.05) is 6.61 Å². The van der Waals surface area contributed by atoms with Gasteiger partial charge >= 0.3 is 0 Å². The third-order valence-corrected chi connectivity index (χ3v) is 2.58. The Kier molecular flexibility index (Phi) is 3.51. The highest BCUT2D eigenvalue weighted by molar-refractivity contribution is 5.73. The SMILES string of the molecule is CCCCOC(C)n1nnc2ccccc21.